The van der Waals surface area contributed by atoms with Crippen LogP contribution in [0.5, 0.6) is 0 Å². The van der Waals surface area contributed by atoms with Gasteiger partial charge in [-0.25, -0.2) is 8.42 Å². The van der Waals surface area contributed by atoms with Gasteiger partial charge in [0.15, 0.2) is 5.60 Å². The molecule has 1 fully saturated rings. The van der Waals surface area contributed by atoms with E-state index in [4.69, 9.17) is 4.84 Å². The van der Waals surface area contributed by atoms with Crippen molar-refractivity contribution in [2.45, 2.75) is 38.3 Å². The quantitative estimate of drug-likeness (QED) is 0.797. The molecule has 0 aliphatic carbocycles. The minimum atomic E-state index is -3.26. The number of sulfonamides is 1. The fourth-order valence-electron chi connectivity index (χ4n) is 3.08. The number of carbonyl (C=O) groups is 1. The van der Waals surface area contributed by atoms with Crippen LogP contribution in [0.15, 0.2) is 29.7 Å². The fourth-order valence-corrected chi connectivity index (χ4v) is 4.66. The summed E-state index contributed by atoms with van der Waals surface area (Å²) >= 11 is 0. The van der Waals surface area contributed by atoms with Crippen LogP contribution in [0.4, 0.5) is 0 Å². The second-order valence-corrected chi connectivity index (χ2v) is 8.52. The lowest BCUT2D eigenvalue weighted by Crippen LogP contribution is -2.39. The number of hydrogen-bond acceptors (Lipinski definition) is 6. The molecule has 0 saturated carbocycles. The van der Waals surface area contributed by atoms with Crippen LogP contribution in [0.2, 0.25) is 0 Å². The number of amides is 1. The molecule has 1 aromatic rings. The maximum absolute atomic E-state index is 12.3. The number of hydrogen-bond donors (Lipinski definition) is 1. The molecule has 0 unspecified atom stereocenters. The van der Waals surface area contributed by atoms with Crippen LogP contribution in [-0.2, 0) is 26.2 Å². The van der Waals surface area contributed by atoms with Crippen molar-refractivity contribution in [3.63, 3.8) is 0 Å². The smallest absolute Gasteiger partial charge is 0.269 e. The summed E-state index contributed by atoms with van der Waals surface area (Å²) in [7, 11) is -3.26. The van der Waals surface area contributed by atoms with Gasteiger partial charge >= 0.3 is 0 Å². The van der Waals surface area contributed by atoms with Crippen LogP contribution in [0.25, 0.3) is 0 Å². The summed E-state index contributed by atoms with van der Waals surface area (Å²) in [5.74, 6) is -0.168. The molecule has 2 aliphatic heterocycles. The van der Waals surface area contributed by atoms with Crippen molar-refractivity contribution in [1.29, 1.82) is 0 Å². The molecule has 3 rings (SSSR count). The Morgan fingerprint density at radius 1 is 1.48 bits per heavy atom. The molecular formula is C16H22N4O4S. The van der Waals surface area contributed by atoms with Crippen molar-refractivity contribution >= 4 is 21.6 Å². The summed E-state index contributed by atoms with van der Waals surface area (Å²) in [6.45, 7) is 2.85. The highest BCUT2D eigenvalue weighted by Crippen LogP contribution is 2.35. The summed E-state index contributed by atoms with van der Waals surface area (Å²) < 4.78 is 25.8. The topological polar surface area (TPSA) is 101 Å². The van der Waals surface area contributed by atoms with E-state index >= 15 is 0 Å². The highest BCUT2D eigenvalue weighted by atomic mass is 32.2. The third kappa shape index (κ3) is 3.98. The van der Waals surface area contributed by atoms with Crippen LogP contribution in [-0.4, -0.2) is 53.8 Å². The molecular weight excluding hydrogens is 344 g/mol. The van der Waals surface area contributed by atoms with Gasteiger partial charge in [0.2, 0.25) is 10.0 Å². The van der Waals surface area contributed by atoms with Gasteiger partial charge in [0.1, 0.15) is 5.71 Å². The predicted octanol–water partition coefficient (Wildman–Crippen LogP) is 0.658. The zero-order valence-corrected chi connectivity index (χ0v) is 15.0. The first-order valence-electron chi connectivity index (χ1n) is 8.34. The first kappa shape index (κ1) is 17.8. The molecule has 1 atom stereocenters. The molecule has 25 heavy (non-hydrogen) atoms. The lowest BCUT2D eigenvalue weighted by molar-refractivity contribution is -0.115. The second kappa shape index (κ2) is 7.09. The van der Waals surface area contributed by atoms with Crippen molar-refractivity contribution < 1.29 is 18.0 Å². The van der Waals surface area contributed by atoms with Crippen molar-refractivity contribution in [1.82, 2.24) is 14.6 Å². The van der Waals surface area contributed by atoms with E-state index in [1.165, 1.54) is 4.31 Å². The van der Waals surface area contributed by atoms with Gasteiger partial charge in [0.05, 0.1) is 12.3 Å². The summed E-state index contributed by atoms with van der Waals surface area (Å²) in [6, 6.07) is 3.67. The molecule has 136 valence electrons. The van der Waals surface area contributed by atoms with Crippen LogP contribution in [0, 0.1) is 0 Å². The molecule has 1 amide bonds. The SMILES string of the molecule is CCCS(=O)(=O)N1CC[C@@]2(CC(C(=O)NCc3cccnc3)=NO2)C1. The standard InChI is InChI=1S/C16H22N4O4S/c1-2-8-25(22,23)20-7-5-16(12-20)9-14(19-24-16)15(21)18-11-13-4-3-6-17-10-13/h3-4,6,10H,2,5,7-9,11-12H2,1H3,(H,18,21)/t16-/m1/s1. The number of aromatic nitrogens is 1. The van der Waals surface area contributed by atoms with Gasteiger partial charge in [-0.1, -0.05) is 18.1 Å². The van der Waals surface area contributed by atoms with Crippen LogP contribution in [0.3, 0.4) is 0 Å². The van der Waals surface area contributed by atoms with Crippen LogP contribution < -0.4 is 5.32 Å². The largest absolute Gasteiger partial charge is 0.387 e. The van der Waals surface area contributed by atoms with E-state index in [2.05, 4.69) is 15.5 Å². The molecule has 2 aliphatic rings. The molecule has 3 heterocycles. The molecule has 1 saturated heterocycles. The van der Waals surface area contributed by atoms with Gasteiger partial charge in [-0.3, -0.25) is 9.78 Å². The van der Waals surface area contributed by atoms with E-state index in [0.717, 1.165) is 5.56 Å². The Morgan fingerprint density at radius 2 is 2.32 bits per heavy atom. The minimum absolute atomic E-state index is 0.127. The van der Waals surface area contributed by atoms with Crippen molar-refractivity contribution in [2.24, 2.45) is 5.16 Å². The molecule has 1 N–H and O–H groups in total. The fraction of sp³-hybridized carbons (Fsp3) is 0.562. The Kier molecular flexibility index (Phi) is 5.05. The number of carbonyl (C=O) groups excluding carboxylic acids is 1. The maximum Gasteiger partial charge on any atom is 0.269 e. The zero-order valence-electron chi connectivity index (χ0n) is 14.1. The van der Waals surface area contributed by atoms with E-state index in [1.54, 1.807) is 18.5 Å². The number of oxime groups is 1. The third-order valence-corrected chi connectivity index (χ3v) is 6.44. The Hall–Kier alpha value is -2.00. The van der Waals surface area contributed by atoms with Crippen LogP contribution >= 0.6 is 0 Å². The first-order valence-corrected chi connectivity index (χ1v) is 9.95. The summed E-state index contributed by atoms with van der Waals surface area (Å²) in [4.78, 5) is 21.8. The predicted molar refractivity (Wildman–Crippen MR) is 92.2 cm³/mol. The Morgan fingerprint density at radius 3 is 3.04 bits per heavy atom. The Balaban J connectivity index is 1.55. The number of pyridine rings is 1. The zero-order chi connectivity index (χ0) is 17.9. The number of nitrogens with one attached hydrogen (secondary N) is 1. The van der Waals surface area contributed by atoms with Crippen molar-refractivity contribution in [3.8, 4) is 0 Å². The van der Waals surface area contributed by atoms with Gasteiger partial charge < -0.3 is 10.2 Å². The highest BCUT2D eigenvalue weighted by Gasteiger charge is 2.49. The normalized spacial score (nSPS) is 23.5. The summed E-state index contributed by atoms with van der Waals surface area (Å²) in [6.07, 6.45) is 4.79. The molecule has 0 aromatic carbocycles. The molecule has 8 nitrogen and oxygen atoms in total. The molecule has 9 heteroatoms. The van der Waals surface area contributed by atoms with Gasteiger partial charge in [-0.05, 0) is 18.1 Å². The van der Waals surface area contributed by atoms with Crippen molar-refractivity contribution in [2.75, 3.05) is 18.8 Å². The van der Waals surface area contributed by atoms with E-state index in [0.29, 0.717) is 38.1 Å². The molecule has 0 radical (unpaired) electrons. The lowest BCUT2D eigenvalue weighted by Gasteiger charge is -2.21. The minimum Gasteiger partial charge on any atom is -0.387 e. The Bertz CT molecular complexity index is 766. The number of rotatable bonds is 6. The monoisotopic (exact) mass is 366 g/mol. The summed E-state index contributed by atoms with van der Waals surface area (Å²) in [5, 5.41) is 6.70. The van der Waals surface area contributed by atoms with E-state index < -0.39 is 15.6 Å². The van der Waals surface area contributed by atoms with Gasteiger partial charge in [-0.15, -0.1) is 0 Å². The molecule has 1 aromatic heterocycles. The molecule has 0 bridgehead atoms. The van der Waals surface area contributed by atoms with Crippen molar-refractivity contribution in [3.05, 3.63) is 30.1 Å². The average molecular weight is 366 g/mol. The van der Waals surface area contributed by atoms with Crippen LogP contribution in [0.1, 0.15) is 31.7 Å². The third-order valence-electron chi connectivity index (χ3n) is 4.41. The van der Waals surface area contributed by atoms with E-state index in [1.807, 2.05) is 13.0 Å². The lowest BCUT2D eigenvalue weighted by atomic mass is 9.96. The second-order valence-electron chi connectivity index (χ2n) is 6.43. The Labute approximate surface area is 147 Å². The maximum atomic E-state index is 12.3. The van der Waals surface area contributed by atoms with E-state index in [-0.39, 0.29) is 18.2 Å². The summed E-state index contributed by atoms with van der Waals surface area (Å²) in [5.41, 5.74) is 0.489. The van der Waals surface area contributed by atoms with E-state index in [9.17, 15) is 13.2 Å². The van der Waals surface area contributed by atoms with Gasteiger partial charge in [0, 0.05) is 38.3 Å². The highest BCUT2D eigenvalue weighted by molar-refractivity contribution is 7.89. The number of nitrogens with zero attached hydrogens (tertiary/aromatic N) is 3. The first-order chi connectivity index (χ1) is 11.9. The van der Waals surface area contributed by atoms with Gasteiger partial charge in [0.25, 0.3) is 5.91 Å². The average Bonchev–Trinajstić information content (AvgIpc) is 3.22. The molecule has 1 spiro atoms. The van der Waals surface area contributed by atoms with Gasteiger partial charge in [-0.2, -0.15) is 4.31 Å².